The number of hydrogen-bond donors (Lipinski definition) is 3. The third-order valence-corrected chi connectivity index (χ3v) is 4.39. The summed E-state index contributed by atoms with van der Waals surface area (Å²) in [5.41, 5.74) is 0.891. The predicted molar refractivity (Wildman–Crippen MR) is 89.5 cm³/mol. The minimum Gasteiger partial charge on any atom is -0.481 e. The molecule has 23 heavy (non-hydrogen) atoms. The Hall–Kier alpha value is -1.93. The summed E-state index contributed by atoms with van der Waals surface area (Å²) in [5.74, 6) is -0.756. The Morgan fingerprint density at radius 1 is 1.43 bits per heavy atom. The van der Waals surface area contributed by atoms with Gasteiger partial charge in [0.25, 0.3) is 5.91 Å². The third kappa shape index (κ3) is 4.77. The molecule has 0 spiro atoms. The minimum atomic E-state index is -0.888. The number of carbonyl (C=O) groups is 3. The maximum atomic E-state index is 12.2. The van der Waals surface area contributed by atoms with E-state index in [9.17, 15) is 14.4 Å². The quantitative estimate of drug-likeness (QED) is 0.641. The molecule has 2 rings (SSSR count). The van der Waals surface area contributed by atoms with E-state index in [1.54, 1.807) is 18.2 Å². The summed E-state index contributed by atoms with van der Waals surface area (Å²) in [5, 5.41) is 14.2. The van der Waals surface area contributed by atoms with E-state index < -0.39 is 5.97 Å². The molecule has 0 bridgehead atoms. The van der Waals surface area contributed by atoms with Gasteiger partial charge >= 0.3 is 12.0 Å². The lowest BCUT2D eigenvalue weighted by molar-refractivity contribution is -0.133. The number of carboxylic acids is 1. The first-order chi connectivity index (χ1) is 11.0. The van der Waals surface area contributed by atoms with Gasteiger partial charge < -0.3 is 15.7 Å². The number of amides is 3. The van der Waals surface area contributed by atoms with Gasteiger partial charge in [-0.15, -0.1) is 11.8 Å². The number of carboxylic acid groups (broad SMARTS) is 1. The fraction of sp³-hybridized carbons (Fsp3) is 0.357. The summed E-state index contributed by atoms with van der Waals surface area (Å²) in [6.45, 7) is 1.43. The van der Waals surface area contributed by atoms with Crippen molar-refractivity contribution in [3.8, 4) is 0 Å². The summed E-state index contributed by atoms with van der Waals surface area (Å²) in [6.07, 6.45) is 0. The van der Waals surface area contributed by atoms with Gasteiger partial charge in [0, 0.05) is 31.1 Å². The topological polar surface area (TPSA) is 98.7 Å². The first-order valence-electron chi connectivity index (χ1n) is 6.91. The Bertz CT molecular complexity index is 626. The molecule has 1 aliphatic rings. The molecule has 1 aromatic carbocycles. The number of aliphatic carboxylic acids is 1. The molecule has 0 aliphatic carbocycles. The van der Waals surface area contributed by atoms with E-state index in [4.69, 9.17) is 16.7 Å². The molecule has 7 nitrogen and oxygen atoms in total. The van der Waals surface area contributed by atoms with Gasteiger partial charge in [-0.25, -0.2) is 4.79 Å². The Morgan fingerprint density at radius 3 is 2.87 bits per heavy atom. The maximum absolute atomic E-state index is 12.2. The molecular weight excluding hydrogens is 342 g/mol. The molecule has 1 heterocycles. The monoisotopic (exact) mass is 357 g/mol. The van der Waals surface area contributed by atoms with Gasteiger partial charge in [0.15, 0.2) is 0 Å². The van der Waals surface area contributed by atoms with Crippen molar-refractivity contribution in [3.63, 3.8) is 0 Å². The van der Waals surface area contributed by atoms with E-state index in [2.05, 4.69) is 10.6 Å². The lowest BCUT2D eigenvalue weighted by Crippen LogP contribution is -2.29. The molecule has 3 N–H and O–H groups in total. The lowest BCUT2D eigenvalue weighted by Gasteiger charge is -2.16. The number of halogens is 1. The van der Waals surface area contributed by atoms with E-state index in [-0.39, 0.29) is 23.3 Å². The zero-order valence-corrected chi connectivity index (χ0v) is 13.7. The van der Waals surface area contributed by atoms with Crippen LogP contribution in [0.3, 0.4) is 0 Å². The summed E-state index contributed by atoms with van der Waals surface area (Å²) in [7, 11) is 0. The summed E-state index contributed by atoms with van der Waals surface area (Å²) < 4.78 is 0. The van der Waals surface area contributed by atoms with Crippen LogP contribution in [0.25, 0.3) is 0 Å². The van der Waals surface area contributed by atoms with Crippen LogP contribution in [-0.2, 0) is 4.79 Å². The second kappa shape index (κ2) is 8.07. The Morgan fingerprint density at radius 2 is 2.22 bits per heavy atom. The van der Waals surface area contributed by atoms with E-state index in [1.165, 1.54) is 16.7 Å². The number of nitrogens with one attached hydrogen (secondary N) is 2. The molecule has 1 aliphatic heterocycles. The van der Waals surface area contributed by atoms with Crippen molar-refractivity contribution in [2.45, 2.75) is 0 Å². The van der Waals surface area contributed by atoms with Gasteiger partial charge in [0.05, 0.1) is 16.3 Å². The molecule has 1 fully saturated rings. The van der Waals surface area contributed by atoms with Crippen LogP contribution in [0.2, 0.25) is 5.02 Å². The van der Waals surface area contributed by atoms with Gasteiger partial charge in [0.2, 0.25) is 0 Å². The van der Waals surface area contributed by atoms with E-state index in [0.29, 0.717) is 36.1 Å². The van der Waals surface area contributed by atoms with Crippen LogP contribution in [-0.4, -0.2) is 54.2 Å². The molecular formula is C14H16ClN3O4S. The first kappa shape index (κ1) is 17.4. The number of thioether (sulfide) groups is 1. The standard InChI is InChI=1S/C14H16ClN3O4S/c15-11-2-1-9(18-5-3-17-14(18)22)7-10(11)13(21)16-4-6-23-8-12(19)20/h1-2,7H,3-6,8H2,(H,16,21)(H,17,22)(H,19,20). The van der Waals surface area contributed by atoms with Gasteiger partial charge in [-0.3, -0.25) is 14.5 Å². The van der Waals surface area contributed by atoms with Crippen LogP contribution in [0.15, 0.2) is 18.2 Å². The van der Waals surface area contributed by atoms with Gasteiger partial charge in [-0.05, 0) is 18.2 Å². The highest BCUT2D eigenvalue weighted by Gasteiger charge is 2.22. The molecule has 1 saturated heterocycles. The Balaban J connectivity index is 1.96. The second-order valence-corrected chi connectivity index (χ2v) is 6.26. The van der Waals surface area contributed by atoms with Crippen LogP contribution in [0.4, 0.5) is 10.5 Å². The summed E-state index contributed by atoms with van der Waals surface area (Å²) in [6, 6.07) is 4.64. The highest BCUT2D eigenvalue weighted by atomic mass is 35.5. The fourth-order valence-electron chi connectivity index (χ4n) is 2.06. The largest absolute Gasteiger partial charge is 0.481 e. The molecule has 3 amide bonds. The minimum absolute atomic E-state index is 0.00379. The van der Waals surface area contributed by atoms with Crippen LogP contribution < -0.4 is 15.5 Å². The molecule has 9 heteroatoms. The van der Waals surface area contributed by atoms with Crippen LogP contribution >= 0.6 is 23.4 Å². The molecule has 124 valence electrons. The third-order valence-electron chi connectivity index (χ3n) is 3.12. The SMILES string of the molecule is O=C(O)CSCCNC(=O)c1cc(N2CCNC2=O)ccc1Cl. The van der Waals surface area contributed by atoms with E-state index in [1.807, 2.05) is 0 Å². The van der Waals surface area contributed by atoms with E-state index in [0.717, 1.165) is 0 Å². The van der Waals surface area contributed by atoms with Gasteiger partial charge in [-0.2, -0.15) is 0 Å². The van der Waals surface area contributed by atoms with Crippen molar-refractivity contribution >= 4 is 47.0 Å². The van der Waals surface area contributed by atoms with Gasteiger partial charge in [0.1, 0.15) is 0 Å². The van der Waals surface area contributed by atoms with Gasteiger partial charge in [-0.1, -0.05) is 11.6 Å². The highest BCUT2D eigenvalue weighted by molar-refractivity contribution is 7.99. The number of urea groups is 1. The fourth-order valence-corrected chi connectivity index (χ4v) is 2.83. The molecule has 0 radical (unpaired) electrons. The molecule has 0 saturated carbocycles. The maximum Gasteiger partial charge on any atom is 0.321 e. The van der Waals surface area contributed by atoms with Crippen molar-refractivity contribution in [2.75, 3.05) is 36.0 Å². The molecule has 0 unspecified atom stereocenters. The van der Waals surface area contributed by atoms with Crippen LogP contribution in [0.5, 0.6) is 0 Å². The van der Waals surface area contributed by atoms with Crippen molar-refractivity contribution in [1.29, 1.82) is 0 Å². The second-order valence-electron chi connectivity index (χ2n) is 4.75. The number of anilines is 1. The zero-order valence-electron chi connectivity index (χ0n) is 12.2. The predicted octanol–water partition coefficient (Wildman–Crippen LogP) is 1.42. The van der Waals surface area contributed by atoms with Crippen LogP contribution in [0, 0.1) is 0 Å². The highest BCUT2D eigenvalue weighted by Crippen LogP contribution is 2.24. The first-order valence-corrected chi connectivity index (χ1v) is 8.45. The lowest BCUT2D eigenvalue weighted by atomic mass is 10.1. The number of nitrogens with zero attached hydrogens (tertiary/aromatic N) is 1. The number of carbonyl (C=O) groups excluding carboxylic acids is 2. The Labute approximate surface area is 142 Å². The van der Waals surface area contributed by atoms with Crippen molar-refractivity contribution < 1.29 is 19.5 Å². The zero-order chi connectivity index (χ0) is 16.8. The van der Waals surface area contributed by atoms with E-state index >= 15 is 0 Å². The molecule has 0 aromatic heterocycles. The summed E-state index contributed by atoms with van der Waals surface area (Å²) >= 11 is 7.27. The number of benzene rings is 1. The Kier molecular flexibility index (Phi) is 6.12. The average molecular weight is 358 g/mol. The van der Waals surface area contributed by atoms with Crippen molar-refractivity contribution in [1.82, 2.24) is 10.6 Å². The number of rotatable bonds is 7. The molecule has 0 atom stereocenters. The number of hydrogen-bond acceptors (Lipinski definition) is 4. The molecule has 1 aromatic rings. The normalized spacial score (nSPS) is 13.8. The summed E-state index contributed by atoms with van der Waals surface area (Å²) in [4.78, 5) is 35.8. The average Bonchev–Trinajstić information content (AvgIpc) is 2.93. The smallest absolute Gasteiger partial charge is 0.321 e. The van der Waals surface area contributed by atoms with Crippen molar-refractivity contribution in [2.24, 2.45) is 0 Å². The van der Waals surface area contributed by atoms with Crippen LogP contribution in [0.1, 0.15) is 10.4 Å². The van der Waals surface area contributed by atoms with Crippen molar-refractivity contribution in [3.05, 3.63) is 28.8 Å².